The minimum atomic E-state index is -4.71. The van der Waals surface area contributed by atoms with Crippen LogP contribution in [-0.2, 0) is 27.9 Å². The van der Waals surface area contributed by atoms with E-state index in [0.29, 0.717) is 17.4 Å². The Kier molecular flexibility index (Phi) is 68.8. The molecule has 0 bridgehead atoms. The van der Waals surface area contributed by atoms with E-state index < -0.39 is 20.0 Å². The smallest absolute Gasteiger partial charge is 0.306 e. The van der Waals surface area contributed by atoms with E-state index in [1.807, 2.05) is 33.3 Å². The average Bonchev–Trinajstić information content (AvgIpc) is 3.69. The van der Waals surface area contributed by atoms with Crippen molar-refractivity contribution in [1.29, 1.82) is 0 Å². The van der Waals surface area contributed by atoms with Gasteiger partial charge in [-0.25, -0.2) is 0 Å². The second kappa shape index (κ2) is 71.0. The zero-order valence-electron chi connectivity index (χ0n) is 61.5. The fourth-order valence-corrected chi connectivity index (χ4v) is 12.2. The highest BCUT2D eigenvalue weighted by atomic mass is 31.2. The lowest BCUT2D eigenvalue weighted by Gasteiger charge is -2.30. The van der Waals surface area contributed by atoms with Gasteiger partial charge in [-0.2, -0.15) is 0 Å². The van der Waals surface area contributed by atoms with Gasteiger partial charge in [-0.15, -0.1) is 0 Å². The molecule has 10 heteroatoms. The van der Waals surface area contributed by atoms with Crippen LogP contribution < -0.4 is 10.2 Å². The summed E-state index contributed by atoms with van der Waals surface area (Å²) < 4.78 is 30.5. The average molecular weight is 1310 g/mol. The fourth-order valence-electron chi connectivity index (χ4n) is 11.5. The van der Waals surface area contributed by atoms with E-state index in [0.717, 1.165) is 83.5 Å². The van der Waals surface area contributed by atoms with Crippen molar-refractivity contribution in [2.75, 3.05) is 40.9 Å². The second-order valence-electron chi connectivity index (χ2n) is 27.9. The Balaban J connectivity index is 4.93. The van der Waals surface area contributed by atoms with Crippen LogP contribution in [0.3, 0.4) is 0 Å². The molecule has 0 heterocycles. The maximum absolute atomic E-state index is 13.6. The van der Waals surface area contributed by atoms with Gasteiger partial charge >= 0.3 is 5.97 Å². The molecule has 0 saturated heterocycles. The van der Waals surface area contributed by atoms with Crippen LogP contribution in [0.5, 0.6) is 0 Å². The van der Waals surface area contributed by atoms with Crippen LogP contribution in [0.15, 0.2) is 85.1 Å². The standard InChI is InChI=1S/C82H151N2O7P/c1-7-10-13-16-19-22-25-28-30-32-34-36-38-40-42-44-46-48-50-52-54-56-59-62-65-68-71-74-81(85)83-79(78-90-92(87,88)89-77-76-84(4,5)6)80(73-70-67-64-61-58-27-24-21-18-15-12-9-3)91-82(86)75-72-69-66-63-60-57-55-53-51-49-47-45-43-41-39-37-35-33-31-29-26-23-20-17-14-11-8-2/h19-20,22-23,28-31,34-37,70,73,79-80H,7-18,21,24-27,32-33,38-69,71-72,74-78H2,1-6H3,(H-,83,85,87,88)/b22-19-,23-20-,30-28-,31-29-,36-34-,37-35-,73-70+. The van der Waals surface area contributed by atoms with Gasteiger partial charge in [-0.1, -0.05) is 337 Å². The highest BCUT2D eigenvalue weighted by Gasteiger charge is 2.27. The second-order valence-corrected chi connectivity index (χ2v) is 29.3. The molecule has 92 heavy (non-hydrogen) atoms. The highest BCUT2D eigenvalue weighted by molar-refractivity contribution is 7.45. The van der Waals surface area contributed by atoms with Crippen LogP contribution in [0, 0.1) is 0 Å². The van der Waals surface area contributed by atoms with Crippen LogP contribution in [0.25, 0.3) is 0 Å². The molecule has 0 aromatic heterocycles. The minimum Gasteiger partial charge on any atom is -0.756 e. The summed E-state index contributed by atoms with van der Waals surface area (Å²) >= 11 is 0. The van der Waals surface area contributed by atoms with E-state index in [9.17, 15) is 19.0 Å². The number of likely N-dealkylation sites (N-methyl/N-ethyl adjacent to an activating group) is 1. The Hall–Kier alpha value is -2.81. The van der Waals surface area contributed by atoms with Gasteiger partial charge < -0.3 is 28.5 Å². The Morgan fingerprint density at radius 1 is 0.380 bits per heavy atom. The number of carbonyl (C=O) groups excluding carboxylic acids is 2. The van der Waals surface area contributed by atoms with Crippen LogP contribution in [0.2, 0.25) is 0 Å². The first-order valence-electron chi connectivity index (χ1n) is 39.4. The summed E-state index contributed by atoms with van der Waals surface area (Å²) in [4.78, 5) is 40.3. The summed E-state index contributed by atoms with van der Waals surface area (Å²) in [7, 11) is 1.19. The van der Waals surface area contributed by atoms with Crippen molar-refractivity contribution in [2.45, 2.75) is 386 Å². The number of amides is 1. The van der Waals surface area contributed by atoms with Crippen LogP contribution in [-0.4, -0.2) is 69.4 Å². The van der Waals surface area contributed by atoms with Gasteiger partial charge in [0.15, 0.2) is 0 Å². The SMILES string of the molecule is CCCCC/C=C\C/C=C\C/C=C\CCCCCCCCCCCCCCCCC(=O)NC(COP(=O)([O-])OCC[N+](C)(C)C)C(/C=C/CCCCCCCCCCCC)OC(=O)CCCCCCCCCCCCCCCC/C=C\C/C=C\C/C=C\CCCCC. The van der Waals surface area contributed by atoms with E-state index in [2.05, 4.69) is 99.0 Å². The number of carbonyl (C=O) groups is 2. The van der Waals surface area contributed by atoms with Gasteiger partial charge in [0.05, 0.1) is 33.8 Å². The van der Waals surface area contributed by atoms with E-state index in [-0.39, 0.29) is 31.5 Å². The molecule has 0 spiro atoms. The molecule has 0 radical (unpaired) electrons. The van der Waals surface area contributed by atoms with Crippen molar-refractivity contribution < 1.29 is 37.3 Å². The third-order valence-electron chi connectivity index (χ3n) is 17.5. The van der Waals surface area contributed by atoms with Gasteiger partial charge in [-0.05, 0) is 109 Å². The molecular formula is C82H151N2O7P. The molecule has 0 rings (SSSR count). The van der Waals surface area contributed by atoms with E-state index in [1.165, 1.54) is 257 Å². The number of esters is 1. The van der Waals surface area contributed by atoms with Crippen molar-refractivity contribution in [2.24, 2.45) is 0 Å². The molecule has 1 N–H and O–H groups in total. The van der Waals surface area contributed by atoms with Crippen molar-refractivity contribution in [1.82, 2.24) is 5.32 Å². The first kappa shape index (κ1) is 89.2. The molecule has 0 aliphatic carbocycles. The number of nitrogens with zero attached hydrogens (tertiary/aromatic N) is 1. The predicted molar refractivity (Wildman–Crippen MR) is 399 cm³/mol. The van der Waals surface area contributed by atoms with Gasteiger partial charge in [-0.3, -0.25) is 14.2 Å². The number of allylic oxidation sites excluding steroid dienone is 13. The number of quaternary nitrogens is 1. The molecule has 536 valence electrons. The molecule has 1 amide bonds. The molecule has 0 aliphatic rings. The highest BCUT2D eigenvalue weighted by Crippen LogP contribution is 2.38. The van der Waals surface area contributed by atoms with E-state index >= 15 is 0 Å². The Morgan fingerprint density at radius 3 is 1.01 bits per heavy atom. The number of rotatable bonds is 72. The van der Waals surface area contributed by atoms with Crippen LogP contribution in [0.1, 0.15) is 374 Å². The number of hydrogen-bond acceptors (Lipinski definition) is 7. The largest absolute Gasteiger partial charge is 0.756 e. The number of phosphoric acid groups is 1. The van der Waals surface area contributed by atoms with E-state index in [1.54, 1.807) is 0 Å². The molecule has 3 atom stereocenters. The lowest BCUT2D eigenvalue weighted by Crippen LogP contribution is -2.47. The summed E-state index contributed by atoms with van der Waals surface area (Å²) in [5.41, 5.74) is 0. The molecule has 0 aromatic rings. The number of ether oxygens (including phenoxy) is 1. The summed E-state index contributed by atoms with van der Waals surface area (Å²) in [6, 6.07) is -0.893. The van der Waals surface area contributed by atoms with Crippen molar-refractivity contribution in [3.05, 3.63) is 85.1 Å². The zero-order chi connectivity index (χ0) is 67.0. The summed E-state index contributed by atoms with van der Waals surface area (Å²) in [6.07, 6.45) is 95.8. The molecule has 0 saturated carbocycles. The summed E-state index contributed by atoms with van der Waals surface area (Å²) in [6.45, 7) is 6.83. The monoisotopic (exact) mass is 1310 g/mol. The topological polar surface area (TPSA) is 114 Å². The predicted octanol–water partition coefficient (Wildman–Crippen LogP) is 25.0. The maximum atomic E-state index is 13.6. The Bertz CT molecular complexity index is 1850. The van der Waals surface area contributed by atoms with Gasteiger partial charge in [0.25, 0.3) is 7.82 Å². The molecule has 9 nitrogen and oxygen atoms in total. The van der Waals surface area contributed by atoms with Crippen molar-refractivity contribution >= 4 is 19.7 Å². The lowest BCUT2D eigenvalue weighted by atomic mass is 10.0. The summed E-state index contributed by atoms with van der Waals surface area (Å²) in [5, 5.41) is 3.05. The number of nitrogens with one attached hydrogen (secondary N) is 1. The third kappa shape index (κ3) is 71.5. The zero-order valence-corrected chi connectivity index (χ0v) is 62.4. The van der Waals surface area contributed by atoms with Gasteiger partial charge in [0.1, 0.15) is 19.3 Å². The molecule has 0 aliphatic heterocycles. The normalized spacial score (nSPS) is 13.9. The first-order valence-corrected chi connectivity index (χ1v) is 40.9. The quantitative estimate of drug-likeness (QED) is 0.0212. The summed E-state index contributed by atoms with van der Waals surface area (Å²) in [5.74, 6) is -0.530. The van der Waals surface area contributed by atoms with Crippen LogP contribution in [0.4, 0.5) is 0 Å². The van der Waals surface area contributed by atoms with Gasteiger partial charge in [0.2, 0.25) is 5.91 Å². The first-order chi connectivity index (χ1) is 44.9. The molecule has 0 aromatic carbocycles. The fraction of sp³-hybridized carbons (Fsp3) is 0.805. The Labute approximate surface area is 571 Å². The lowest BCUT2D eigenvalue weighted by molar-refractivity contribution is -0.870. The molecular weight excluding hydrogens is 1160 g/mol. The van der Waals surface area contributed by atoms with E-state index in [4.69, 9.17) is 13.8 Å². The van der Waals surface area contributed by atoms with Crippen molar-refractivity contribution in [3.63, 3.8) is 0 Å². The van der Waals surface area contributed by atoms with Crippen LogP contribution >= 0.6 is 7.82 Å². The third-order valence-corrected chi connectivity index (χ3v) is 18.5. The van der Waals surface area contributed by atoms with Crippen molar-refractivity contribution in [3.8, 4) is 0 Å². The molecule has 3 unspecified atom stereocenters. The minimum absolute atomic E-state index is 0.0234. The number of phosphoric ester groups is 1. The van der Waals surface area contributed by atoms with Gasteiger partial charge in [0, 0.05) is 12.8 Å². The maximum Gasteiger partial charge on any atom is 0.306 e. The number of unbranched alkanes of at least 4 members (excludes halogenated alkanes) is 44. The Morgan fingerprint density at radius 2 is 0.663 bits per heavy atom. The molecule has 0 fully saturated rings. The number of hydrogen-bond donors (Lipinski definition) is 1.